The first kappa shape index (κ1) is 17.2. The Kier molecular flexibility index (Phi) is 4.55. The Morgan fingerprint density at radius 2 is 1.96 bits per heavy atom. The number of nitrogens with zero attached hydrogens (tertiary/aromatic N) is 5. The number of hydrogen-bond acceptors (Lipinski definition) is 5. The van der Waals surface area contributed by atoms with Gasteiger partial charge in [0, 0.05) is 25.2 Å². The van der Waals surface area contributed by atoms with Gasteiger partial charge in [0.15, 0.2) is 0 Å². The van der Waals surface area contributed by atoms with Crippen molar-refractivity contribution in [3.05, 3.63) is 12.2 Å². The van der Waals surface area contributed by atoms with E-state index < -0.39 is 5.60 Å². The molecule has 1 amide bonds. The number of carbonyl (C=O) groups excluding carboxylic acids is 1. The Morgan fingerprint density at radius 3 is 2.46 bits per heavy atom. The molecule has 2 fully saturated rings. The number of hydrogen-bond donors (Lipinski definition) is 0. The molecule has 7 nitrogen and oxygen atoms in total. The lowest BCUT2D eigenvalue weighted by Gasteiger charge is -2.42. The van der Waals surface area contributed by atoms with Crippen LogP contribution in [0.3, 0.4) is 0 Å². The van der Waals surface area contributed by atoms with Crippen LogP contribution in [0.25, 0.3) is 0 Å². The van der Waals surface area contributed by atoms with Gasteiger partial charge in [-0.15, -0.1) is 10.2 Å². The molecule has 1 aromatic heterocycles. The Morgan fingerprint density at radius 1 is 1.33 bits per heavy atom. The first-order chi connectivity index (χ1) is 11.2. The van der Waals surface area contributed by atoms with Crippen LogP contribution in [0, 0.1) is 0 Å². The zero-order valence-corrected chi connectivity index (χ0v) is 15.4. The standard InChI is InChI=1S/C17H29N5O2/c1-17(2,3)24-16(23)22-12-6-7-13(22)9-14(8-12)20(4)10-15-19-18-11-21(15)5/h11-14H,6-10H2,1-5H3/t12-,13-/m1/s1. The first-order valence-corrected chi connectivity index (χ1v) is 8.79. The fourth-order valence-corrected chi connectivity index (χ4v) is 3.92. The van der Waals surface area contributed by atoms with Crippen molar-refractivity contribution in [1.29, 1.82) is 0 Å². The van der Waals surface area contributed by atoms with E-state index in [1.54, 1.807) is 6.33 Å². The van der Waals surface area contributed by atoms with E-state index in [0.29, 0.717) is 18.1 Å². The summed E-state index contributed by atoms with van der Waals surface area (Å²) in [5.41, 5.74) is -0.435. The molecule has 2 atom stereocenters. The van der Waals surface area contributed by atoms with Crippen molar-refractivity contribution in [2.75, 3.05) is 7.05 Å². The van der Waals surface area contributed by atoms with Crippen LogP contribution < -0.4 is 0 Å². The molecule has 2 aliphatic heterocycles. The van der Waals surface area contributed by atoms with Crippen LogP contribution in [-0.4, -0.2) is 61.4 Å². The van der Waals surface area contributed by atoms with Crippen LogP contribution in [0.5, 0.6) is 0 Å². The van der Waals surface area contributed by atoms with Gasteiger partial charge in [-0.3, -0.25) is 4.90 Å². The maximum Gasteiger partial charge on any atom is 0.410 e. The van der Waals surface area contributed by atoms with Crippen molar-refractivity contribution in [1.82, 2.24) is 24.6 Å². The monoisotopic (exact) mass is 335 g/mol. The highest BCUT2D eigenvalue weighted by Crippen LogP contribution is 2.38. The maximum atomic E-state index is 12.5. The number of piperidine rings is 1. The molecule has 1 aromatic rings. The van der Waals surface area contributed by atoms with Crippen LogP contribution in [-0.2, 0) is 18.3 Å². The zero-order chi connectivity index (χ0) is 17.5. The molecule has 0 unspecified atom stereocenters. The third-order valence-electron chi connectivity index (χ3n) is 5.13. The molecule has 0 N–H and O–H groups in total. The minimum Gasteiger partial charge on any atom is -0.444 e. The minimum atomic E-state index is -0.435. The topological polar surface area (TPSA) is 63.5 Å². The lowest BCUT2D eigenvalue weighted by Crippen LogP contribution is -2.52. The third kappa shape index (κ3) is 3.55. The van der Waals surface area contributed by atoms with E-state index >= 15 is 0 Å². The predicted octanol–water partition coefficient (Wildman–Crippen LogP) is 2.18. The summed E-state index contributed by atoms with van der Waals surface area (Å²) in [6, 6.07) is 1.06. The maximum absolute atomic E-state index is 12.5. The molecule has 0 aliphatic carbocycles. The summed E-state index contributed by atoms with van der Waals surface area (Å²) in [6.07, 6.45) is 5.76. The number of fused-ring (bicyclic) bond motifs is 2. The number of ether oxygens (including phenoxy) is 1. The number of amides is 1. The van der Waals surface area contributed by atoms with Gasteiger partial charge >= 0.3 is 6.09 Å². The molecule has 3 heterocycles. The van der Waals surface area contributed by atoms with E-state index in [1.807, 2.05) is 37.3 Å². The SMILES string of the molecule is CN(Cc1nncn1C)C1C[C@H]2CC[C@H](C1)N2C(=O)OC(C)(C)C. The Bertz CT molecular complexity index is 580. The second kappa shape index (κ2) is 6.35. The van der Waals surface area contributed by atoms with Gasteiger partial charge in [0.2, 0.25) is 0 Å². The minimum absolute atomic E-state index is 0.149. The highest BCUT2D eigenvalue weighted by Gasteiger charge is 2.45. The highest BCUT2D eigenvalue weighted by atomic mass is 16.6. The van der Waals surface area contributed by atoms with Gasteiger partial charge < -0.3 is 14.2 Å². The highest BCUT2D eigenvalue weighted by molar-refractivity contribution is 5.69. The van der Waals surface area contributed by atoms with Gasteiger partial charge in [0.05, 0.1) is 6.54 Å². The van der Waals surface area contributed by atoms with Crippen LogP contribution in [0.4, 0.5) is 4.79 Å². The smallest absolute Gasteiger partial charge is 0.410 e. The van der Waals surface area contributed by atoms with E-state index in [0.717, 1.165) is 38.1 Å². The average molecular weight is 335 g/mol. The zero-order valence-electron chi connectivity index (χ0n) is 15.4. The lowest BCUT2D eigenvalue weighted by molar-refractivity contribution is -0.00299. The second-order valence-electron chi connectivity index (χ2n) is 8.17. The summed E-state index contributed by atoms with van der Waals surface area (Å²) in [6.45, 7) is 6.56. The predicted molar refractivity (Wildman–Crippen MR) is 90.4 cm³/mol. The summed E-state index contributed by atoms with van der Waals surface area (Å²) in [5, 5.41) is 8.12. The van der Waals surface area contributed by atoms with Gasteiger partial charge in [-0.2, -0.15) is 0 Å². The molecule has 134 valence electrons. The van der Waals surface area contributed by atoms with Gasteiger partial charge in [-0.25, -0.2) is 4.79 Å². The molecule has 2 aliphatic rings. The molecular formula is C17H29N5O2. The van der Waals surface area contributed by atoms with Crippen molar-refractivity contribution in [2.45, 2.75) is 76.7 Å². The van der Waals surface area contributed by atoms with Gasteiger partial charge in [-0.1, -0.05) is 0 Å². The molecule has 0 radical (unpaired) electrons. The van der Waals surface area contributed by atoms with Crippen molar-refractivity contribution >= 4 is 6.09 Å². The average Bonchev–Trinajstić information content (AvgIpc) is 2.98. The number of carbonyl (C=O) groups is 1. The van der Waals surface area contributed by atoms with Gasteiger partial charge in [0.25, 0.3) is 0 Å². The van der Waals surface area contributed by atoms with Crippen molar-refractivity contribution in [2.24, 2.45) is 7.05 Å². The fourth-order valence-electron chi connectivity index (χ4n) is 3.92. The molecule has 7 heteroatoms. The van der Waals surface area contributed by atoms with Crippen LogP contribution in [0.1, 0.15) is 52.3 Å². The molecule has 0 saturated carbocycles. The molecule has 2 saturated heterocycles. The molecule has 0 aromatic carbocycles. The van der Waals surface area contributed by atoms with E-state index in [4.69, 9.17) is 4.74 Å². The van der Waals surface area contributed by atoms with Crippen molar-refractivity contribution < 1.29 is 9.53 Å². The molecular weight excluding hydrogens is 306 g/mol. The number of rotatable bonds is 3. The van der Waals surface area contributed by atoms with Crippen LogP contribution in [0.2, 0.25) is 0 Å². The van der Waals surface area contributed by atoms with Gasteiger partial charge in [-0.05, 0) is 53.5 Å². The summed E-state index contributed by atoms with van der Waals surface area (Å²) in [5.74, 6) is 0.972. The van der Waals surface area contributed by atoms with Crippen molar-refractivity contribution in [3.8, 4) is 0 Å². The number of aryl methyl sites for hydroxylation is 1. The normalized spacial score (nSPS) is 26.9. The largest absolute Gasteiger partial charge is 0.444 e. The fraction of sp³-hybridized carbons (Fsp3) is 0.824. The first-order valence-electron chi connectivity index (χ1n) is 8.79. The summed E-state index contributed by atoms with van der Waals surface area (Å²) in [4.78, 5) is 16.9. The Hall–Kier alpha value is -1.63. The third-order valence-corrected chi connectivity index (χ3v) is 5.13. The molecule has 2 bridgehead atoms. The van der Waals surface area contributed by atoms with E-state index in [9.17, 15) is 4.79 Å². The molecule has 0 spiro atoms. The summed E-state index contributed by atoms with van der Waals surface area (Å²) in [7, 11) is 4.11. The van der Waals surface area contributed by atoms with E-state index in [1.165, 1.54) is 0 Å². The van der Waals surface area contributed by atoms with Crippen molar-refractivity contribution in [3.63, 3.8) is 0 Å². The van der Waals surface area contributed by atoms with E-state index in [2.05, 4.69) is 22.1 Å². The van der Waals surface area contributed by atoms with Crippen LogP contribution in [0.15, 0.2) is 6.33 Å². The lowest BCUT2D eigenvalue weighted by atomic mass is 9.96. The van der Waals surface area contributed by atoms with Gasteiger partial charge in [0.1, 0.15) is 17.8 Å². The Labute approximate surface area is 144 Å². The quantitative estimate of drug-likeness (QED) is 0.847. The van der Waals surface area contributed by atoms with Crippen LogP contribution >= 0.6 is 0 Å². The summed E-state index contributed by atoms with van der Waals surface area (Å²) >= 11 is 0. The van der Waals surface area contributed by atoms with E-state index in [-0.39, 0.29) is 6.09 Å². The second-order valence-corrected chi connectivity index (χ2v) is 8.17. The number of aromatic nitrogens is 3. The molecule has 24 heavy (non-hydrogen) atoms. The molecule has 3 rings (SSSR count). The Balaban J connectivity index is 1.62. The summed E-state index contributed by atoms with van der Waals surface area (Å²) < 4.78 is 7.57.